The molecule has 0 aliphatic rings. The maximum Gasteiger partial charge on any atom is 0.239 e. The van der Waals surface area contributed by atoms with Crippen molar-refractivity contribution in [3.05, 3.63) is 35.1 Å². The molecular formula is C12H15F3N2O. The number of benzene rings is 1. The Balaban J connectivity index is 3.03. The SMILES string of the molecule is CC(C)CNC(C(N)=O)c1cc(F)c(F)c(F)c1. The standard InChI is InChI=1S/C12H15F3N2O/c1-6(2)5-17-11(12(16)18)7-3-8(13)10(15)9(14)4-7/h3-4,6,11,17H,5H2,1-2H3,(H2,16,18). The molecule has 1 unspecified atom stereocenters. The topological polar surface area (TPSA) is 55.1 Å². The van der Waals surface area contributed by atoms with Crippen molar-refractivity contribution < 1.29 is 18.0 Å². The van der Waals surface area contributed by atoms with E-state index in [2.05, 4.69) is 5.32 Å². The van der Waals surface area contributed by atoms with E-state index < -0.39 is 29.4 Å². The first-order valence-corrected chi connectivity index (χ1v) is 5.50. The number of primary amides is 1. The second-order valence-electron chi connectivity index (χ2n) is 4.44. The molecule has 3 N–H and O–H groups in total. The lowest BCUT2D eigenvalue weighted by atomic mass is 10.0. The summed E-state index contributed by atoms with van der Waals surface area (Å²) in [4.78, 5) is 11.2. The summed E-state index contributed by atoms with van der Waals surface area (Å²) in [5.41, 5.74) is 5.12. The molecule has 1 aromatic rings. The van der Waals surface area contributed by atoms with Crippen LogP contribution in [-0.2, 0) is 4.79 Å². The van der Waals surface area contributed by atoms with Crippen molar-refractivity contribution in [3.63, 3.8) is 0 Å². The normalized spacial score (nSPS) is 12.8. The molecule has 1 atom stereocenters. The first-order valence-electron chi connectivity index (χ1n) is 5.50. The molecular weight excluding hydrogens is 245 g/mol. The fraction of sp³-hybridized carbons (Fsp3) is 0.417. The summed E-state index contributed by atoms with van der Waals surface area (Å²) < 4.78 is 38.9. The van der Waals surface area contributed by atoms with Gasteiger partial charge in [-0.1, -0.05) is 13.8 Å². The van der Waals surface area contributed by atoms with E-state index in [1.807, 2.05) is 13.8 Å². The smallest absolute Gasteiger partial charge is 0.239 e. The minimum absolute atomic E-state index is 0.0282. The first kappa shape index (κ1) is 14.5. The number of carbonyl (C=O) groups excluding carboxylic acids is 1. The molecule has 0 radical (unpaired) electrons. The zero-order valence-corrected chi connectivity index (χ0v) is 10.1. The van der Waals surface area contributed by atoms with Gasteiger partial charge < -0.3 is 11.1 Å². The lowest BCUT2D eigenvalue weighted by Gasteiger charge is -2.17. The molecule has 0 saturated carbocycles. The fourth-order valence-corrected chi connectivity index (χ4v) is 1.48. The van der Waals surface area contributed by atoms with Crippen molar-refractivity contribution in [3.8, 4) is 0 Å². The highest BCUT2D eigenvalue weighted by atomic mass is 19.2. The van der Waals surface area contributed by atoms with Gasteiger partial charge in [-0.25, -0.2) is 13.2 Å². The molecule has 0 saturated heterocycles. The average Bonchev–Trinajstić information content (AvgIpc) is 2.25. The molecule has 1 rings (SSSR count). The minimum atomic E-state index is -1.56. The van der Waals surface area contributed by atoms with Gasteiger partial charge in [-0.15, -0.1) is 0 Å². The Morgan fingerprint density at radius 1 is 1.28 bits per heavy atom. The van der Waals surface area contributed by atoms with Crippen LogP contribution in [0.4, 0.5) is 13.2 Å². The van der Waals surface area contributed by atoms with Gasteiger partial charge in [0, 0.05) is 0 Å². The van der Waals surface area contributed by atoms with Crippen LogP contribution in [0.2, 0.25) is 0 Å². The molecule has 1 aromatic carbocycles. The summed E-state index contributed by atoms with van der Waals surface area (Å²) in [6.45, 7) is 4.24. The molecule has 6 heteroatoms. The van der Waals surface area contributed by atoms with Crippen molar-refractivity contribution in [2.75, 3.05) is 6.54 Å². The van der Waals surface area contributed by atoms with Crippen LogP contribution in [0.3, 0.4) is 0 Å². The minimum Gasteiger partial charge on any atom is -0.368 e. The van der Waals surface area contributed by atoms with Crippen LogP contribution >= 0.6 is 0 Å². The summed E-state index contributed by atoms with van der Waals surface area (Å²) in [6.07, 6.45) is 0. The molecule has 1 amide bonds. The second kappa shape index (κ2) is 5.86. The van der Waals surface area contributed by atoms with Crippen LogP contribution in [0.25, 0.3) is 0 Å². The summed E-state index contributed by atoms with van der Waals surface area (Å²) >= 11 is 0. The number of hydrogen-bond acceptors (Lipinski definition) is 2. The Labute approximate surface area is 103 Å². The van der Waals surface area contributed by atoms with E-state index in [-0.39, 0.29) is 11.5 Å². The molecule has 100 valence electrons. The number of amides is 1. The van der Waals surface area contributed by atoms with Crippen molar-refractivity contribution in [1.82, 2.24) is 5.32 Å². The molecule has 0 heterocycles. The van der Waals surface area contributed by atoms with Gasteiger partial charge >= 0.3 is 0 Å². The lowest BCUT2D eigenvalue weighted by molar-refractivity contribution is -0.120. The van der Waals surface area contributed by atoms with E-state index in [4.69, 9.17) is 5.73 Å². The highest BCUT2D eigenvalue weighted by Crippen LogP contribution is 2.19. The Hall–Kier alpha value is -1.56. The zero-order valence-electron chi connectivity index (χ0n) is 10.1. The Kier molecular flexibility index (Phi) is 4.72. The van der Waals surface area contributed by atoms with E-state index >= 15 is 0 Å². The molecule has 0 spiro atoms. The number of halogens is 3. The molecule has 0 aliphatic carbocycles. The molecule has 0 fully saturated rings. The van der Waals surface area contributed by atoms with Gasteiger partial charge in [0.2, 0.25) is 5.91 Å². The number of carbonyl (C=O) groups is 1. The monoisotopic (exact) mass is 260 g/mol. The third-order valence-electron chi connectivity index (χ3n) is 2.35. The van der Waals surface area contributed by atoms with Crippen molar-refractivity contribution >= 4 is 5.91 Å². The van der Waals surface area contributed by atoms with E-state index in [1.54, 1.807) is 0 Å². The summed E-state index contributed by atoms with van der Waals surface area (Å²) in [6, 6.07) is 0.486. The van der Waals surface area contributed by atoms with Crippen molar-refractivity contribution in [2.45, 2.75) is 19.9 Å². The third-order valence-corrected chi connectivity index (χ3v) is 2.35. The van der Waals surface area contributed by atoms with Crippen LogP contribution in [0.5, 0.6) is 0 Å². The third kappa shape index (κ3) is 3.46. The number of hydrogen-bond donors (Lipinski definition) is 2. The number of nitrogens with one attached hydrogen (secondary N) is 1. The van der Waals surface area contributed by atoms with E-state index in [9.17, 15) is 18.0 Å². The van der Waals surface area contributed by atoms with E-state index in [1.165, 1.54) is 0 Å². The molecule has 0 aliphatic heterocycles. The Bertz CT molecular complexity index is 426. The summed E-state index contributed by atoms with van der Waals surface area (Å²) in [7, 11) is 0. The highest BCUT2D eigenvalue weighted by Gasteiger charge is 2.21. The molecule has 18 heavy (non-hydrogen) atoms. The van der Waals surface area contributed by atoms with Gasteiger partial charge in [0.05, 0.1) is 0 Å². The maximum atomic E-state index is 13.1. The number of rotatable bonds is 5. The van der Waals surface area contributed by atoms with E-state index in [0.29, 0.717) is 6.54 Å². The summed E-state index contributed by atoms with van der Waals surface area (Å²) in [5.74, 6) is -4.81. The zero-order chi connectivity index (χ0) is 13.9. The predicted molar refractivity (Wildman–Crippen MR) is 61.1 cm³/mol. The molecule has 0 bridgehead atoms. The van der Waals surface area contributed by atoms with Crippen molar-refractivity contribution in [1.29, 1.82) is 0 Å². The summed E-state index contributed by atoms with van der Waals surface area (Å²) in [5, 5.41) is 2.78. The molecule has 3 nitrogen and oxygen atoms in total. The van der Waals surface area contributed by atoms with Gasteiger partial charge in [0.1, 0.15) is 6.04 Å². The Morgan fingerprint density at radius 2 is 1.78 bits per heavy atom. The average molecular weight is 260 g/mol. The highest BCUT2D eigenvalue weighted by molar-refractivity contribution is 5.81. The second-order valence-corrected chi connectivity index (χ2v) is 4.44. The van der Waals surface area contributed by atoms with Crippen molar-refractivity contribution in [2.24, 2.45) is 11.7 Å². The van der Waals surface area contributed by atoms with Gasteiger partial charge in [-0.05, 0) is 30.2 Å². The lowest BCUT2D eigenvalue weighted by Crippen LogP contribution is -2.35. The Morgan fingerprint density at radius 3 is 2.17 bits per heavy atom. The fourth-order valence-electron chi connectivity index (χ4n) is 1.48. The quantitative estimate of drug-likeness (QED) is 0.794. The van der Waals surface area contributed by atoms with Crippen LogP contribution in [0, 0.1) is 23.4 Å². The molecule has 0 aromatic heterocycles. The van der Waals surface area contributed by atoms with Gasteiger partial charge in [0.15, 0.2) is 17.5 Å². The van der Waals surface area contributed by atoms with Crippen LogP contribution < -0.4 is 11.1 Å². The largest absolute Gasteiger partial charge is 0.368 e. The van der Waals surface area contributed by atoms with E-state index in [0.717, 1.165) is 12.1 Å². The van der Waals surface area contributed by atoms with Gasteiger partial charge in [-0.3, -0.25) is 4.79 Å². The predicted octanol–water partition coefficient (Wildman–Crippen LogP) is 1.88. The van der Waals surface area contributed by atoms with Crippen LogP contribution in [-0.4, -0.2) is 12.5 Å². The first-order chi connectivity index (χ1) is 8.32. The van der Waals surface area contributed by atoms with Gasteiger partial charge in [0.25, 0.3) is 0 Å². The number of nitrogens with two attached hydrogens (primary N) is 1. The van der Waals surface area contributed by atoms with Gasteiger partial charge in [-0.2, -0.15) is 0 Å². The van der Waals surface area contributed by atoms with Crippen LogP contribution in [0.1, 0.15) is 25.5 Å². The van der Waals surface area contributed by atoms with Crippen LogP contribution in [0.15, 0.2) is 12.1 Å². The maximum absolute atomic E-state index is 13.1.